The average Bonchev–Trinajstić information content (AvgIpc) is 2.76. The van der Waals surface area contributed by atoms with E-state index in [1.54, 1.807) is 18.3 Å². The Bertz CT molecular complexity index is 1190. The smallest absolute Gasteiger partial charge is 0.269 e. The van der Waals surface area contributed by atoms with E-state index >= 15 is 0 Å². The Labute approximate surface area is 219 Å². The van der Waals surface area contributed by atoms with Gasteiger partial charge in [-0.15, -0.1) is 0 Å². The molecule has 1 N–H and O–H groups in total. The first-order valence-electron chi connectivity index (χ1n) is 9.96. The van der Waals surface area contributed by atoms with Crippen molar-refractivity contribution in [3.63, 3.8) is 0 Å². The number of amides is 1. The summed E-state index contributed by atoms with van der Waals surface area (Å²) in [5.74, 6) is 0.554. The molecule has 0 atom stereocenters. The van der Waals surface area contributed by atoms with E-state index in [9.17, 15) is 14.9 Å². The average molecular weight is 669 g/mol. The van der Waals surface area contributed by atoms with E-state index in [4.69, 9.17) is 4.74 Å². The monoisotopic (exact) mass is 669 g/mol. The zero-order valence-corrected chi connectivity index (χ0v) is 22.3. The molecule has 0 aliphatic carbocycles. The highest BCUT2D eigenvalue weighted by Gasteiger charge is 2.10. The van der Waals surface area contributed by atoms with E-state index < -0.39 is 4.92 Å². The minimum absolute atomic E-state index is 0.0488. The Morgan fingerprint density at radius 2 is 1.76 bits per heavy atom. The molecule has 1 amide bonds. The largest absolute Gasteiger partial charge is 0.487 e. The van der Waals surface area contributed by atoms with E-state index in [0.717, 1.165) is 40.7 Å². The van der Waals surface area contributed by atoms with Gasteiger partial charge in [0.25, 0.3) is 5.69 Å². The van der Waals surface area contributed by atoms with Crippen molar-refractivity contribution in [2.24, 2.45) is 5.10 Å². The topological polar surface area (TPSA) is 93.8 Å². The molecule has 0 aromatic heterocycles. The summed E-state index contributed by atoms with van der Waals surface area (Å²) in [6, 6.07) is 16.2. The van der Waals surface area contributed by atoms with Crippen LogP contribution in [0.5, 0.6) is 5.75 Å². The Morgan fingerprint density at radius 1 is 1.09 bits per heavy atom. The van der Waals surface area contributed by atoms with Crippen molar-refractivity contribution < 1.29 is 14.5 Å². The molecule has 0 saturated heterocycles. The van der Waals surface area contributed by atoms with Crippen molar-refractivity contribution in [1.82, 2.24) is 5.43 Å². The highest BCUT2D eigenvalue weighted by atomic mass is 127. The van der Waals surface area contributed by atoms with Crippen LogP contribution >= 0.6 is 45.2 Å². The van der Waals surface area contributed by atoms with E-state index in [2.05, 4.69) is 55.7 Å². The van der Waals surface area contributed by atoms with Gasteiger partial charge in [-0.1, -0.05) is 23.8 Å². The number of nitrogens with zero attached hydrogens (tertiary/aromatic N) is 2. The second-order valence-corrected chi connectivity index (χ2v) is 9.75. The molecule has 0 aliphatic rings. The van der Waals surface area contributed by atoms with Crippen molar-refractivity contribution in [2.75, 3.05) is 0 Å². The van der Waals surface area contributed by atoms with Gasteiger partial charge in [0, 0.05) is 12.1 Å². The second kappa shape index (κ2) is 11.5. The maximum absolute atomic E-state index is 12.2. The number of carbonyl (C=O) groups is 1. The van der Waals surface area contributed by atoms with Crippen LogP contribution in [0.4, 0.5) is 5.69 Å². The highest BCUT2D eigenvalue weighted by Crippen LogP contribution is 2.29. The summed E-state index contributed by atoms with van der Waals surface area (Å²) in [6.07, 6.45) is 1.88. The van der Waals surface area contributed by atoms with Crippen LogP contribution < -0.4 is 10.2 Å². The number of nitro benzene ring substituents is 1. The lowest BCUT2D eigenvalue weighted by molar-refractivity contribution is -0.384. The van der Waals surface area contributed by atoms with Gasteiger partial charge in [-0.25, -0.2) is 5.43 Å². The van der Waals surface area contributed by atoms with Crippen LogP contribution in [0.1, 0.15) is 27.8 Å². The standard InChI is InChI=1S/C24H21I2N3O4/c1-15-3-4-16(2)19(9-15)12-23(30)28-27-13-18-10-21(25)24(22(26)11-18)33-14-17-5-7-20(8-6-17)29(31)32/h3-11,13H,12,14H2,1-2H3,(H,28,30)/b27-13+. The summed E-state index contributed by atoms with van der Waals surface area (Å²) in [7, 11) is 0. The van der Waals surface area contributed by atoms with Gasteiger partial charge in [0.15, 0.2) is 0 Å². The predicted molar refractivity (Wildman–Crippen MR) is 145 cm³/mol. The zero-order chi connectivity index (χ0) is 24.0. The number of non-ortho nitro benzene ring substituents is 1. The van der Waals surface area contributed by atoms with Crippen molar-refractivity contribution in [3.05, 3.63) is 99.7 Å². The summed E-state index contributed by atoms with van der Waals surface area (Å²) in [5, 5.41) is 14.9. The van der Waals surface area contributed by atoms with Gasteiger partial charge in [-0.3, -0.25) is 14.9 Å². The number of hydrogen-bond donors (Lipinski definition) is 1. The lowest BCUT2D eigenvalue weighted by Gasteiger charge is -2.11. The van der Waals surface area contributed by atoms with E-state index in [1.165, 1.54) is 12.1 Å². The normalized spacial score (nSPS) is 10.9. The first-order chi connectivity index (χ1) is 15.7. The van der Waals surface area contributed by atoms with Crippen LogP contribution in [0.15, 0.2) is 59.7 Å². The van der Waals surface area contributed by atoms with Gasteiger partial charge in [-0.2, -0.15) is 5.10 Å². The Hall–Kier alpha value is -2.54. The molecule has 0 saturated carbocycles. The zero-order valence-electron chi connectivity index (χ0n) is 18.0. The number of nitro groups is 1. The van der Waals surface area contributed by atoms with Gasteiger partial charge in [0.05, 0.1) is 24.7 Å². The number of hydrazone groups is 1. The minimum Gasteiger partial charge on any atom is -0.487 e. The molecule has 7 nitrogen and oxygen atoms in total. The molecule has 3 aromatic rings. The van der Waals surface area contributed by atoms with E-state index in [-0.39, 0.29) is 18.0 Å². The fourth-order valence-electron chi connectivity index (χ4n) is 3.04. The SMILES string of the molecule is Cc1ccc(C)c(CC(=O)N/N=C/c2cc(I)c(OCc3ccc([N+](=O)[O-])cc3)c(I)c2)c1. The fraction of sp³-hybridized carbons (Fsp3) is 0.167. The number of hydrogen-bond acceptors (Lipinski definition) is 5. The molecule has 0 aliphatic heterocycles. The van der Waals surface area contributed by atoms with Crippen molar-refractivity contribution >= 4 is 63.0 Å². The molecule has 3 rings (SSSR count). The van der Waals surface area contributed by atoms with Gasteiger partial charge in [-0.05, 0) is 106 Å². The number of ether oxygens (including phenoxy) is 1. The van der Waals surface area contributed by atoms with Crippen LogP contribution in [0, 0.1) is 31.1 Å². The molecule has 0 fully saturated rings. The summed E-state index contributed by atoms with van der Waals surface area (Å²) >= 11 is 4.37. The van der Waals surface area contributed by atoms with Crippen LogP contribution in [0.2, 0.25) is 0 Å². The number of aryl methyl sites for hydroxylation is 2. The maximum Gasteiger partial charge on any atom is 0.269 e. The lowest BCUT2D eigenvalue weighted by atomic mass is 10.0. The predicted octanol–water partition coefficient (Wildman–Crippen LogP) is 5.69. The quantitative estimate of drug-likeness (QED) is 0.144. The number of rotatable bonds is 8. The van der Waals surface area contributed by atoms with Crippen LogP contribution in [-0.4, -0.2) is 17.0 Å². The van der Waals surface area contributed by atoms with Gasteiger partial charge in [0.1, 0.15) is 12.4 Å². The molecular formula is C24H21I2N3O4. The summed E-state index contributed by atoms with van der Waals surface area (Å²) in [4.78, 5) is 22.6. The lowest BCUT2D eigenvalue weighted by Crippen LogP contribution is -2.20. The maximum atomic E-state index is 12.2. The summed E-state index contributed by atoms with van der Waals surface area (Å²) in [5.41, 5.74) is 7.49. The molecule has 0 unspecified atom stereocenters. The van der Waals surface area contributed by atoms with Crippen molar-refractivity contribution in [2.45, 2.75) is 26.9 Å². The number of benzene rings is 3. The highest BCUT2D eigenvalue weighted by molar-refractivity contribution is 14.1. The Balaban J connectivity index is 1.59. The van der Waals surface area contributed by atoms with Crippen LogP contribution in [0.3, 0.4) is 0 Å². The van der Waals surface area contributed by atoms with Crippen LogP contribution in [-0.2, 0) is 17.8 Å². The molecule has 0 spiro atoms. The second-order valence-electron chi connectivity index (χ2n) is 7.43. The number of halogens is 2. The molecule has 3 aromatic carbocycles. The fourth-order valence-corrected chi connectivity index (χ4v) is 5.17. The van der Waals surface area contributed by atoms with Crippen molar-refractivity contribution in [1.29, 1.82) is 0 Å². The Kier molecular flexibility index (Phi) is 8.78. The van der Waals surface area contributed by atoms with Gasteiger partial charge in [0.2, 0.25) is 5.91 Å². The summed E-state index contributed by atoms with van der Waals surface area (Å²) in [6.45, 7) is 4.29. The molecule has 0 bridgehead atoms. The molecule has 170 valence electrons. The van der Waals surface area contributed by atoms with Gasteiger partial charge < -0.3 is 4.74 Å². The third-order valence-electron chi connectivity index (χ3n) is 4.81. The number of nitrogens with one attached hydrogen (secondary N) is 1. The molecule has 33 heavy (non-hydrogen) atoms. The molecular weight excluding hydrogens is 648 g/mol. The van der Waals surface area contributed by atoms with E-state index in [0.29, 0.717) is 6.61 Å². The van der Waals surface area contributed by atoms with Crippen molar-refractivity contribution in [3.8, 4) is 5.75 Å². The third-order valence-corrected chi connectivity index (χ3v) is 6.41. The first kappa shape index (κ1) is 25.1. The third kappa shape index (κ3) is 7.22. The first-order valence-corrected chi connectivity index (χ1v) is 12.1. The Morgan fingerprint density at radius 3 is 2.39 bits per heavy atom. The van der Waals surface area contributed by atoms with Crippen LogP contribution in [0.25, 0.3) is 0 Å². The van der Waals surface area contributed by atoms with Gasteiger partial charge >= 0.3 is 0 Å². The summed E-state index contributed by atoms with van der Waals surface area (Å²) < 4.78 is 7.73. The molecule has 0 heterocycles. The molecule has 9 heteroatoms. The van der Waals surface area contributed by atoms with E-state index in [1.807, 2.05) is 44.2 Å². The molecule has 0 radical (unpaired) electrons. The minimum atomic E-state index is -0.428. The number of carbonyl (C=O) groups excluding carboxylic acids is 1.